The van der Waals surface area contributed by atoms with E-state index in [4.69, 9.17) is 5.73 Å². The third-order valence-corrected chi connectivity index (χ3v) is 2.90. The average molecular weight is 234 g/mol. The van der Waals surface area contributed by atoms with E-state index in [9.17, 15) is 4.79 Å². The molecule has 0 bridgehead atoms. The maximum Gasteiger partial charge on any atom is 0.226 e. The third kappa shape index (κ3) is 3.42. The van der Waals surface area contributed by atoms with Gasteiger partial charge in [0.25, 0.3) is 0 Å². The van der Waals surface area contributed by atoms with E-state index in [1.807, 2.05) is 12.2 Å². The van der Waals surface area contributed by atoms with Crippen LogP contribution in [-0.4, -0.2) is 28.5 Å². The molecule has 0 spiro atoms. The first-order chi connectivity index (χ1) is 8.25. The van der Waals surface area contributed by atoms with Gasteiger partial charge in [-0.15, -0.1) is 0 Å². The number of aryl methyl sites for hydroxylation is 1. The molecule has 0 aliphatic heterocycles. The van der Waals surface area contributed by atoms with E-state index >= 15 is 0 Å². The van der Waals surface area contributed by atoms with Crippen LogP contribution in [0, 0.1) is 5.92 Å². The van der Waals surface area contributed by atoms with Crippen molar-refractivity contribution in [3.8, 4) is 0 Å². The summed E-state index contributed by atoms with van der Waals surface area (Å²) in [6.45, 7) is 0.680. The number of rotatable bonds is 5. The molecule has 2 unspecified atom stereocenters. The lowest BCUT2D eigenvalue weighted by molar-refractivity contribution is -0.123. The summed E-state index contributed by atoms with van der Waals surface area (Å²) in [5.74, 6) is 0.990. The maximum atomic E-state index is 11.7. The molecule has 0 saturated carbocycles. The van der Waals surface area contributed by atoms with Crippen LogP contribution in [0.2, 0.25) is 0 Å². The van der Waals surface area contributed by atoms with E-state index in [0.717, 1.165) is 25.1 Å². The highest BCUT2D eigenvalue weighted by Gasteiger charge is 2.21. The van der Waals surface area contributed by atoms with Crippen LogP contribution in [0.1, 0.15) is 18.7 Å². The fraction of sp³-hybridized carbons (Fsp3) is 0.500. The van der Waals surface area contributed by atoms with Crippen LogP contribution in [0.15, 0.2) is 24.5 Å². The smallest absolute Gasteiger partial charge is 0.226 e. The predicted molar refractivity (Wildman–Crippen MR) is 65.1 cm³/mol. The van der Waals surface area contributed by atoms with Gasteiger partial charge in [0.15, 0.2) is 0 Å². The monoisotopic (exact) mass is 234 g/mol. The van der Waals surface area contributed by atoms with Gasteiger partial charge in [0, 0.05) is 31.4 Å². The number of aromatic amines is 1. The number of hydrogen-bond donors (Lipinski definition) is 3. The van der Waals surface area contributed by atoms with Crippen LogP contribution in [-0.2, 0) is 11.2 Å². The zero-order valence-corrected chi connectivity index (χ0v) is 9.73. The number of hydrogen-bond acceptors (Lipinski definition) is 3. The Morgan fingerprint density at radius 2 is 2.47 bits per heavy atom. The van der Waals surface area contributed by atoms with Gasteiger partial charge in [-0.25, -0.2) is 4.98 Å². The quantitative estimate of drug-likeness (QED) is 0.508. The van der Waals surface area contributed by atoms with Crippen molar-refractivity contribution >= 4 is 5.91 Å². The molecule has 1 aliphatic rings. The van der Waals surface area contributed by atoms with Crippen LogP contribution in [0.25, 0.3) is 0 Å². The lowest BCUT2D eigenvalue weighted by Crippen LogP contribution is -2.31. The molecule has 1 aromatic rings. The molecule has 92 valence electrons. The molecule has 0 aromatic carbocycles. The molecule has 1 heterocycles. The van der Waals surface area contributed by atoms with Gasteiger partial charge >= 0.3 is 0 Å². The standard InChI is InChI=1S/C12H18N4O/c13-10-4-3-9(8-10)12(17)16-5-1-2-11-14-6-7-15-11/h3-4,6-7,9-10H,1-2,5,8,13H2,(H,14,15)(H,16,17). The highest BCUT2D eigenvalue weighted by atomic mass is 16.1. The summed E-state index contributed by atoms with van der Waals surface area (Å²) in [6.07, 6.45) is 9.80. The van der Waals surface area contributed by atoms with Gasteiger partial charge in [-0.05, 0) is 12.8 Å². The van der Waals surface area contributed by atoms with Gasteiger partial charge < -0.3 is 16.0 Å². The Morgan fingerprint density at radius 1 is 1.59 bits per heavy atom. The second-order valence-corrected chi connectivity index (χ2v) is 4.32. The number of aromatic nitrogens is 2. The summed E-state index contributed by atoms with van der Waals surface area (Å²) in [7, 11) is 0. The SMILES string of the molecule is NC1C=CC(C(=O)NCCCc2ncc[nH]2)C1. The van der Waals surface area contributed by atoms with Crippen molar-refractivity contribution in [3.63, 3.8) is 0 Å². The van der Waals surface area contributed by atoms with E-state index < -0.39 is 0 Å². The highest BCUT2D eigenvalue weighted by molar-refractivity contribution is 5.81. The van der Waals surface area contributed by atoms with Crippen LogP contribution in [0.3, 0.4) is 0 Å². The number of carbonyl (C=O) groups is 1. The number of imidazole rings is 1. The molecule has 1 aliphatic carbocycles. The minimum Gasteiger partial charge on any atom is -0.356 e. The van der Waals surface area contributed by atoms with Gasteiger partial charge in [0.1, 0.15) is 5.82 Å². The average Bonchev–Trinajstić information content (AvgIpc) is 2.95. The third-order valence-electron chi connectivity index (χ3n) is 2.90. The van der Waals surface area contributed by atoms with Gasteiger partial charge in [0.05, 0.1) is 5.92 Å². The van der Waals surface area contributed by atoms with Crippen LogP contribution >= 0.6 is 0 Å². The summed E-state index contributed by atoms with van der Waals surface area (Å²) < 4.78 is 0. The summed E-state index contributed by atoms with van der Waals surface area (Å²) >= 11 is 0. The Hall–Kier alpha value is -1.62. The number of nitrogens with two attached hydrogens (primary N) is 1. The molecule has 2 rings (SSSR count). The fourth-order valence-electron chi connectivity index (χ4n) is 1.95. The summed E-state index contributed by atoms with van der Waals surface area (Å²) in [5.41, 5.74) is 5.70. The molecule has 0 saturated heterocycles. The van der Waals surface area contributed by atoms with Crippen molar-refractivity contribution in [3.05, 3.63) is 30.4 Å². The lowest BCUT2D eigenvalue weighted by Gasteiger charge is -2.09. The Bertz CT molecular complexity index is 385. The van der Waals surface area contributed by atoms with E-state index in [1.54, 1.807) is 12.4 Å². The minimum absolute atomic E-state index is 0.0360. The first-order valence-electron chi connectivity index (χ1n) is 5.95. The van der Waals surface area contributed by atoms with Gasteiger partial charge in [0.2, 0.25) is 5.91 Å². The van der Waals surface area contributed by atoms with Gasteiger partial charge in [-0.1, -0.05) is 12.2 Å². The fourth-order valence-corrected chi connectivity index (χ4v) is 1.95. The number of H-pyrrole nitrogens is 1. The van der Waals surface area contributed by atoms with Crippen molar-refractivity contribution < 1.29 is 4.79 Å². The van der Waals surface area contributed by atoms with Gasteiger partial charge in [-0.2, -0.15) is 0 Å². The molecule has 5 nitrogen and oxygen atoms in total. The molecular weight excluding hydrogens is 216 g/mol. The summed E-state index contributed by atoms with van der Waals surface area (Å²) in [4.78, 5) is 18.9. The summed E-state index contributed by atoms with van der Waals surface area (Å²) in [6, 6.07) is 0.0360. The van der Waals surface area contributed by atoms with Crippen LogP contribution in [0.5, 0.6) is 0 Å². The number of carbonyl (C=O) groups excluding carboxylic acids is 1. The van der Waals surface area contributed by atoms with Gasteiger partial charge in [-0.3, -0.25) is 4.79 Å². The van der Waals surface area contributed by atoms with Crippen LogP contribution in [0.4, 0.5) is 0 Å². The number of nitrogens with zero attached hydrogens (tertiary/aromatic N) is 1. The Balaban J connectivity index is 1.62. The Labute approximate surface area is 101 Å². The van der Waals surface area contributed by atoms with Crippen LogP contribution < -0.4 is 11.1 Å². The second-order valence-electron chi connectivity index (χ2n) is 4.32. The molecule has 4 N–H and O–H groups in total. The first kappa shape index (κ1) is 11.9. The molecule has 1 aromatic heterocycles. The largest absolute Gasteiger partial charge is 0.356 e. The van der Waals surface area contributed by atoms with E-state index in [1.165, 1.54) is 0 Å². The first-order valence-corrected chi connectivity index (χ1v) is 5.95. The topological polar surface area (TPSA) is 83.8 Å². The molecule has 5 heteroatoms. The van der Waals surface area contributed by atoms with Crippen molar-refractivity contribution in [2.45, 2.75) is 25.3 Å². The maximum absolute atomic E-state index is 11.7. The number of nitrogens with one attached hydrogen (secondary N) is 2. The van der Waals surface area contributed by atoms with Crippen molar-refractivity contribution in [1.29, 1.82) is 0 Å². The van der Waals surface area contributed by atoms with E-state index in [2.05, 4.69) is 15.3 Å². The molecule has 17 heavy (non-hydrogen) atoms. The summed E-state index contributed by atoms with van der Waals surface area (Å²) in [5, 5.41) is 2.92. The molecule has 0 radical (unpaired) electrons. The normalized spacial score (nSPS) is 22.9. The second kappa shape index (κ2) is 5.63. The van der Waals surface area contributed by atoms with E-state index in [0.29, 0.717) is 6.54 Å². The zero-order chi connectivity index (χ0) is 12.1. The zero-order valence-electron chi connectivity index (χ0n) is 9.73. The predicted octanol–water partition coefficient (Wildman–Crippen LogP) is 0.362. The molecule has 0 fully saturated rings. The Morgan fingerprint density at radius 3 is 3.12 bits per heavy atom. The van der Waals surface area contributed by atoms with Crippen molar-refractivity contribution in [2.75, 3.05) is 6.54 Å². The van der Waals surface area contributed by atoms with Crippen molar-refractivity contribution in [2.24, 2.45) is 11.7 Å². The molecule has 2 atom stereocenters. The highest BCUT2D eigenvalue weighted by Crippen LogP contribution is 2.16. The molecular formula is C12H18N4O. The lowest BCUT2D eigenvalue weighted by atomic mass is 10.1. The number of amides is 1. The minimum atomic E-state index is -0.0476. The van der Waals surface area contributed by atoms with E-state index in [-0.39, 0.29) is 17.9 Å². The Kier molecular flexibility index (Phi) is 3.93. The molecule has 1 amide bonds. The van der Waals surface area contributed by atoms with Crippen molar-refractivity contribution in [1.82, 2.24) is 15.3 Å².